The Bertz CT molecular complexity index is 1180. The number of benzene rings is 1. The zero-order valence-electron chi connectivity index (χ0n) is 23.7. The first kappa shape index (κ1) is 30.3. The van der Waals surface area contributed by atoms with Crippen LogP contribution in [0.15, 0.2) is 53.3 Å². The van der Waals surface area contributed by atoms with Gasteiger partial charge in [0, 0.05) is 5.56 Å². The van der Waals surface area contributed by atoms with E-state index in [9.17, 15) is 18.6 Å². The minimum absolute atomic E-state index is 0.123. The molecule has 212 valence electrons. The van der Waals surface area contributed by atoms with E-state index in [1.807, 2.05) is 13.0 Å². The van der Waals surface area contributed by atoms with E-state index in [1.54, 1.807) is 6.07 Å². The molecule has 0 heterocycles. The number of rotatable bonds is 11. The molecule has 1 saturated carbocycles. The number of aromatic hydroxyl groups is 2. The molecule has 0 aromatic heterocycles. The highest BCUT2D eigenvalue weighted by atomic mass is 32.3. The van der Waals surface area contributed by atoms with Crippen molar-refractivity contribution in [3.05, 3.63) is 58.9 Å². The Balaban J connectivity index is 1.65. The second kappa shape index (κ2) is 12.3. The first-order valence-electron chi connectivity index (χ1n) is 13.9. The molecule has 38 heavy (non-hydrogen) atoms. The van der Waals surface area contributed by atoms with Crippen molar-refractivity contribution in [2.75, 3.05) is 0 Å². The van der Waals surface area contributed by atoms with E-state index >= 15 is 0 Å². The second-order valence-corrected chi connectivity index (χ2v) is 13.4. The first-order chi connectivity index (χ1) is 17.7. The van der Waals surface area contributed by atoms with Gasteiger partial charge in [0.1, 0.15) is 17.8 Å². The summed E-state index contributed by atoms with van der Waals surface area (Å²) in [6, 6.07) is 4.51. The molecule has 3 rings (SSSR count). The van der Waals surface area contributed by atoms with Gasteiger partial charge in [0.05, 0.1) is 0 Å². The largest absolute Gasteiger partial charge is 0.508 e. The van der Waals surface area contributed by atoms with Crippen LogP contribution in [0.1, 0.15) is 98.0 Å². The maximum Gasteiger partial charge on any atom is 0.445 e. The summed E-state index contributed by atoms with van der Waals surface area (Å²) in [5.41, 5.74) is 4.68. The third-order valence-electron chi connectivity index (χ3n) is 9.19. The summed E-state index contributed by atoms with van der Waals surface area (Å²) in [5.74, 6) is 1.35. The zero-order chi connectivity index (χ0) is 28.1. The van der Waals surface area contributed by atoms with Crippen LogP contribution in [0.4, 0.5) is 0 Å². The van der Waals surface area contributed by atoms with E-state index in [-0.39, 0.29) is 16.9 Å². The molecule has 1 aromatic carbocycles. The highest BCUT2D eigenvalue weighted by Crippen LogP contribution is 2.60. The average molecular weight is 547 g/mol. The third kappa shape index (κ3) is 7.89. The van der Waals surface area contributed by atoms with Gasteiger partial charge in [-0.25, -0.2) is 0 Å². The van der Waals surface area contributed by atoms with E-state index in [4.69, 9.17) is 8.74 Å². The zero-order valence-corrected chi connectivity index (χ0v) is 24.5. The summed E-state index contributed by atoms with van der Waals surface area (Å²) < 4.78 is 36.4. The molecule has 0 bridgehead atoms. The average Bonchev–Trinajstić information content (AvgIpc) is 2.81. The maximum absolute atomic E-state index is 11.3. The lowest BCUT2D eigenvalue weighted by Crippen LogP contribution is -2.48. The van der Waals surface area contributed by atoms with E-state index in [0.29, 0.717) is 42.1 Å². The Morgan fingerprint density at radius 1 is 1.13 bits per heavy atom. The number of phenols is 2. The summed E-state index contributed by atoms with van der Waals surface area (Å²) in [5, 5.41) is 19.7. The number of allylic oxidation sites excluding steroid dienone is 5. The van der Waals surface area contributed by atoms with Crippen LogP contribution in [0.25, 0.3) is 0 Å². The van der Waals surface area contributed by atoms with E-state index in [0.717, 1.165) is 36.8 Å². The first-order valence-corrected chi connectivity index (χ1v) is 15.2. The molecule has 1 aromatic rings. The van der Waals surface area contributed by atoms with Gasteiger partial charge in [-0.3, -0.25) is 4.55 Å². The summed E-state index contributed by atoms with van der Waals surface area (Å²) in [4.78, 5) is 0. The van der Waals surface area contributed by atoms with Crippen molar-refractivity contribution >= 4 is 10.4 Å². The van der Waals surface area contributed by atoms with Crippen molar-refractivity contribution in [2.24, 2.45) is 22.7 Å². The van der Waals surface area contributed by atoms with Gasteiger partial charge in [-0.15, -0.1) is 0 Å². The summed E-state index contributed by atoms with van der Waals surface area (Å²) in [7, 11) is -4.55. The standard InChI is InChI=1S/C31H46O6S/c1-22(10-13-25-20-26(32)14-16-28(25)33)8-6-9-24(21-37-38(34,35)36)12-15-27-23(2)11-17-29-30(3,4)18-7-19-31(27,29)5/h10-11,14,16,20-21,27,29,32-33H,6-9,12-13,15,17-19H2,1-5H3,(H,34,35,36)/t27-,29-,31+/m0/s1. The molecule has 0 radical (unpaired) electrons. The van der Waals surface area contributed by atoms with Crippen molar-refractivity contribution in [3.63, 3.8) is 0 Å². The normalized spacial score (nSPS) is 26.0. The summed E-state index contributed by atoms with van der Waals surface area (Å²) in [6.07, 6.45) is 15.0. The molecule has 2 aliphatic rings. The second-order valence-electron chi connectivity index (χ2n) is 12.4. The van der Waals surface area contributed by atoms with E-state index in [2.05, 4.69) is 33.8 Å². The van der Waals surface area contributed by atoms with Crippen molar-refractivity contribution in [2.45, 2.75) is 98.8 Å². The molecule has 3 N–H and O–H groups in total. The fourth-order valence-corrected chi connectivity index (χ4v) is 7.37. The van der Waals surface area contributed by atoms with Gasteiger partial charge in [-0.05, 0) is 118 Å². The molecule has 1 fully saturated rings. The molecule has 0 amide bonds. The Morgan fingerprint density at radius 3 is 2.58 bits per heavy atom. The number of phenolic OH excluding ortho intramolecular Hbond substituents is 2. The topological polar surface area (TPSA) is 104 Å². The van der Waals surface area contributed by atoms with Crippen molar-refractivity contribution in [1.82, 2.24) is 0 Å². The quantitative estimate of drug-likeness (QED) is 0.112. The van der Waals surface area contributed by atoms with Crippen LogP contribution in [-0.4, -0.2) is 23.2 Å². The number of hydrogen-bond donors (Lipinski definition) is 3. The summed E-state index contributed by atoms with van der Waals surface area (Å²) >= 11 is 0. The van der Waals surface area contributed by atoms with Crippen LogP contribution < -0.4 is 0 Å². The maximum atomic E-state index is 11.3. The van der Waals surface area contributed by atoms with Gasteiger partial charge in [-0.2, -0.15) is 8.42 Å². The highest BCUT2D eigenvalue weighted by molar-refractivity contribution is 7.81. The lowest BCUT2D eigenvalue weighted by atomic mass is 9.48. The van der Waals surface area contributed by atoms with Crippen LogP contribution in [0.5, 0.6) is 11.5 Å². The monoisotopic (exact) mass is 546 g/mol. The molecule has 0 spiro atoms. The van der Waals surface area contributed by atoms with Gasteiger partial charge >= 0.3 is 10.4 Å². The molecule has 0 aliphatic heterocycles. The minimum atomic E-state index is -4.55. The Morgan fingerprint density at radius 2 is 1.87 bits per heavy atom. The fourth-order valence-electron chi connectivity index (χ4n) is 7.11. The van der Waals surface area contributed by atoms with Crippen LogP contribution in [-0.2, 0) is 21.0 Å². The van der Waals surface area contributed by atoms with Gasteiger partial charge < -0.3 is 14.4 Å². The van der Waals surface area contributed by atoms with Gasteiger partial charge in [-0.1, -0.05) is 50.5 Å². The SMILES string of the molecule is CC(=CCc1cc(O)ccc1O)CCCC(=COS(=O)(=O)O)CC[C@H]1C(C)=CC[C@H]2C(C)(C)CCC[C@]12C. The van der Waals surface area contributed by atoms with Crippen molar-refractivity contribution in [1.29, 1.82) is 0 Å². The molecule has 6 nitrogen and oxygen atoms in total. The minimum Gasteiger partial charge on any atom is -0.508 e. The lowest BCUT2D eigenvalue weighted by Gasteiger charge is -2.57. The van der Waals surface area contributed by atoms with Crippen molar-refractivity contribution in [3.8, 4) is 11.5 Å². The molecule has 7 heteroatoms. The molecule has 0 saturated heterocycles. The van der Waals surface area contributed by atoms with E-state index in [1.165, 1.54) is 43.2 Å². The highest BCUT2D eigenvalue weighted by Gasteiger charge is 2.51. The Hall–Kier alpha value is -2.25. The summed E-state index contributed by atoms with van der Waals surface area (Å²) in [6.45, 7) is 11.5. The van der Waals surface area contributed by atoms with Crippen LogP contribution >= 0.6 is 0 Å². The fraction of sp³-hybridized carbons (Fsp3) is 0.613. The predicted molar refractivity (Wildman–Crippen MR) is 152 cm³/mol. The Kier molecular flexibility index (Phi) is 9.80. The van der Waals surface area contributed by atoms with Crippen LogP contribution in [0, 0.1) is 22.7 Å². The molecule has 0 unspecified atom stereocenters. The van der Waals surface area contributed by atoms with Crippen LogP contribution in [0.3, 0.4) is 0 Å². The lowest BCUT2D eigenvalue weighted by molar-refractivity contribution is -0.0390. The van der Waals surface area contributed by atoms with Gasteiger partial charge in [0.15, 0.2) is 0 Å². The molecule has 3 atom stereocenters. The molecule has 2 aliphatic carbocycles. The van der Waals surface area contributed by atoms with Gasteiger partial charge in [0.25, 0.3) is 0 Å². The van der Waals surface area contributed by atoms with E-state index < -0.39 is 10.4 Å². The molecular weight excluding hydrogens is 500 g/mol. The van der Waals surface area contributed by atoms with Gasteiger partial charge in [0.2, 0.25) is 0 Å². The number of fused-ring (bicyclic) bond motifs is 1. The Labute approximate surface area is 229 Å². The smallest absolute Gasteiger partial charge is 0.445 e. The molecular formula is C31H46O6S. The third-order valence-corrected chi connectivity index (χ3v) is 9.53. The van der Waals surface area contributed by atoms with Crippen LogP contribution in [0.2, 0.25) is 0 Å². The number of hydrogen-bond acceptors (Lipinski definition) is 5. The predicted octanol–water partition coefficient (Wildman–Crippen LogP) is 8.04. The van der Waals surface area contributed by atoms with Crippen molar-refractivity contribution < 1.29 is 27.4 Å².